The molecule has 2 rings (SSSR count). The molecule has 7 heteroatoms. The van der Waals surface area contributed by atoms with Gasteiger partial charge < -0.3 is 19.5 Å². The van der Waals surface area contributed by atoms with Crippen LogP contribution in [0.2, 0.25) is 0 Å². The van der Waals surface area contributed by atoms with Gasteiger partial charge in [0.15, 0.2) is 18.2 Å². The summed E-state index contributed by atoms with van der Waals surface area (Å²) in [7, 11) is -1.33. The van der Waals surface area contributed by atoms with Crippen molar-refractivity contribution < 1.29 is 28.7 Å². The molecule has 17 heavy (non-hydrogen) atoms. The van der Waals surface area contributed by atoms with Gasteiger partial charge in [-0.15, -0.1) is 0 Å². The number of benzene rings is 1. The normalized spacial score (nSPS) is 14.4. The third-order valence-electron chi connectivity index (χ3n) is 2.48. The lowest BCUT2D eigenvalue weighted by Gasteiger charge is -2.20. The number of ether oxygens (including phenoxy) is 1. The number of carboxylic acids is 1. The van der Waals surface area contributed by atoms with Gasteiger partial charge in [0.1, 0.15) is 0 Å². The van der Waals surface area contributed by atoms with E-state index in [4.69, 9.17) is 14.5 Å². The van der Waals surface area contributed by atoms with Crippen molar-refractivity contribution in [3.8, 4) is 5.75 Å². The summed E-state index contributed by atoms with van der Waals surface area (Å²) in [5.41, 5.74) is 0.670. The van der Waals surface area contributed by atoms with Crippen LogP contribution in [-0.2, 0) is 15.9 Å². The third-order valence-corrected chi connectivity index (χ3v) is 2.48. The molecule has 0 aromatic heterocycles. The van der Waals surface area contributed by atoms with Crippen LogP contribution in [0.3, 0.4) is 0 Å². The number of hydrogen-bond acceptors (Lipinski definition) is 4. The fourth-order valence-corrected chi connectivity index (χ4v) is 1.71. The highest BCUT2D eigenvalue weighted by Crippen LogP contribution is 2.19. The minimum atomic E-state index is -1.33. The molecule has 0 unspecified atom stereocenters. The summed E-state index contributed by atoms with van der Waals surface area (Å²) in [6.45, 7) is -0.310. The van der Waals surface area contributed by atoms with E-state index in [0.29, 0.717) is 18.6 Å². The molecule has 0 aliphatic carbocycles. The SMILES string of the molecule is O=C(O)COc1ccc2c(c1F)B(O)OCC2. The highest BCUT2D eigenvalue weighted by molar-refractivity contribution is 6.61. The minimum absolute atomic E-state index is 0.0270. The van der Waals surface area contributed by atoms with E-state index >= 15 is 0 Å². The molecule has 0 fully saturated rings. The van der Waals surface area contributed by atoms with Gasteiger partial charge in [-0.1, -0.05) is 6.07 Å². The van der Waals surface area contributed by atoms with Gasteiger partial charge in [-0.2, -0.15) is 0 Å². The lowest BCUT2D eigenvalue weighted by atomic mass is 9.73. The third kappa shape index (κ3) is 2.40. The van der Waals surface area contributed by atoms with Gasteiger partial charge in [0.05, 0.1) is 0 Å². The average molecular weight is 240 g/mol. The van der Waals surface area contributed by atoms with Crippen molar-refractivity contribution in [1.82, 2.24) is 0 Å². The number of carbonyl (C=O) groups is 1. The van der Waals surface area contributed by atoms with Crippen LogP contribution in [0, 0.1) is 5.82 Å². The van der Waals surface area contributed by atoms with Gasteiger partial charge in [-0.3, -0.25) is 0 Å². The zero-order valence-electron chi connectivity index (χ0n) is 8.85. The number of hydrogen-bond donors (Lipinski definition) is 2. The van der Waals surface area contributed by atoms with Crippen molar-refractivity contribution in [2.45, 2.75) is 6.42 Å². The predicted molar refractivity (Wildman–Crippen MR) is 56.8 cm³/mol. The predicted octanol–water partition coefficient (Wildman–Crippen LogP) is -0.451. The zero-order valence-corrected chi connectivity index (χ0v) is 8.85. The first-order valence-electron chi connectivity index (χ1n) is 5.05. The van der Waals surface area contributed by atoms with Crippen LogP contribution in [0.4, 0.5) is 4.39 Å². The highest BCUT2D eigenvalue weighted by atomic mass is 19.1. The Hall–Kier alpha value is -1.60. The summed E-state index contributed by atoms with van der Waals surface area (Å²) in [6.07, 6.45) is 0.503. The Kier molecular flexibility index (Phi) is 3.30. The maximum Gasteiger partial charge on any atom is 0.494 e. The number of rotatable bonds is 3. The molecule has 0 amide bonds. The Balaban J connectivity index is 2.30. The standard InChI is InChI=1S/C10H10BFO5/c12-10-7(16-5-8(13)14)2-1-6-3-4-17-11(15)9(6)10/h1-2,15H,3-5H2,(H,13,14). The quantitative estimate of drug-likeness (QED) is 0.699. The van der Waals surface area contributed by atoms with E-state index in [2.05, 4.69) is 0 Å². The van der Waals surface area contributed by atoms with E-state index < -0.39 is 25.5 Å². The molecular weight excluding hydrogens is 230 g/mol. The van der Waals surface area contributed by atoms with Crippen LogP contribution in [0.1, 0.15) is 5.56 Å². The maximum atomic E-state index is 13.9. The average Bonchev–Trinajstić information content (AvgIpc) is 2.28. The second kappa shape index (κ2) is 4.73. The Morgan fingerprint density at radius 3 is 3.06 bits per heavy atom. The Morgan fingerprint density at radius 1 is 1.59 bits per heavy atom. The second-order valence-electron chi connectivity index (χ2n) is 3.61. The smallest absolute Gasteiger partial charge is 0.479 e. The van der Waals surface area contributed by atoms with Crippen molar-refractivity contribution in [1.29, 1.82) is 0 Å². The van der Waals surface area contributed by atoms with Crippen molar-refractivity contribution in [2.75, 3.05) is 13.2 Å². The van der Waals surface area contributed by atoms with E-state index in [-0.39, 0.29) is 11.2 Å². The molecule has 5 nitrogen and oxygen atoms in total. The zero-order chi connectivity index (χ0) is 12.4. The summed E-state index contributed by atoms with van der Waals surface area (Å²) < 4.78 is 23.6. The number of aliphatic carboxylic acids is 1. The fourth-order valence-electron chi connectivity index (χ4n) is 1.71. The van der Waals surface area contributed by atoms with Crippen LogP contribution in [0.15, 0.2) is 12.1 Å². The molecule has 1 heterocycles. The van der Waals surface area contributed by atoms with Gasteiger partial charge in [-0.05, 0) is 18.1 Å². The molecule has 0 saturated carbocycles. The van der Waals surface area contributed by atoms with Gasteiger partial charge >= 0.3 is 13.1 Å². The maximum absolute atomic E-state index is 13.9. The molecule has 1 aromatic carbocycles. The summed E-state index contributed by atoms with van der Waals surface area (Å²) in [4.78, 5) is 10.3. The fraction of sp³-hybridized carbons (Fsp3) is 0.300. The number of carboxylic acid groups (broad SMARTS) is 1. The first-order valence-corrected chi connectivity index (χ1v) is 5.05. The Labute approximate surface area is 96.9 Å². The monoisotopic (exact) mass is 240 g/mol. The largest absolute Gasteiger partial charge is 0.494 e. The first-order chi connectivity index (χ1) is 8.09. The van der Waals surface area contributed by atoms with Crippen LogP contribution in [0.5, 0.6) is 5.75 Å². The van der Waals surface area contributed by atoms with Gasteiger partial charge in [-0.25, -0.2) is 9.18 Å². The summed E-state index contributed by atoms with van der Waals surface area (Å²) in [5.74, 6) is -2.16. The molecule has 0 spiro atoms. The molecule has 1 aliphatic rings. The van der Waals surface area contributed by atoms with Crippen molar-refractivity contribution in [3.63, 3.8) is 0 Å². The van der Waals surface area contributed by atoms with Crippen molar-refractivity contribution >= 4 is 18.6 Å². The van der Waals surface area contributed by atoms with E-state index in [9.17, 15) is 14.2 Å². The minimum Gasteiger partial charge on any atom is -0.479 e. The molecule has 1 aromatic rings. The molecule has 0 saturated heterocycles. The first kappa shape index (κ1) is 11.9. The lowest BCUT2D eigenvalue weighted by Crippen LogP contribution is -2.43. The highest BCUT2D eigenvalue weighted by Gasteiger charge is 2.30. The van der Waals surface area contributed by atoms with Crippen LogP contribution in [-0.4, -0.2) is 36.4 Å². The molecule has 90 valence electrons. The molecule has 0 radical (unpaired) electrons. The molecule has 0 bridgehead atoms. The van der Waals surface area contributed by atoms with E-state index in [1.54, 1.807) is 6.07 Å². The Bertz CT molecular complexity index is 451. The molecule has 1 aliphatic heterocycles. The van der Waals surface area contributed by atoms with Crippen LogP contribution in [0.25, 0.3) is 0 Å². The van der Waals surface area contributed by atoms with E-state index in [1.807, 2.05) is 0 Å². The summed E-state index contributed by atoms with van der Waals surface area (Å²) in [6, 6.07) is 2.95. The van der Waals surface area contributed by atoms with Crippen molar-refractivity contribution in [2.24, 2.45) is 0 Å². The van der Waals surface area contributed by atoms with Crippen LogP contribution < -0.4 is 10.2 Å². The molecular formula is C10H10BFO5. The van der Waals surface area contributed by atoms with E-state index in [0.717, 1.165) is 0 Å². The molecule has 2 N–H and O–H groups in total. The van der Waals surface area contributed by atoms with Crippen LogP contribution >= 0.6 is 0 Å². The van der Waals surface area contributed by atoms with Gasteiger partial charge in [0.2, 0.25) is 0 Å². The number of halogens is 1. The Morgan fingerprint density at radius 2 is 2.35 bits per heavy atom. The van der Waals surface area contributed by atoms with Crippen molar-refractivity contribution in [3.05, 3.63) is 23.5 Å². The van der Waals surface area contributed by atoms with E-state index in [1.165, 1.54) is 6.07 Å². The molecule has 0 atom stereocenters. The van der Waals surface area contributed by atoms with Gasteiger partial charge in [0.25, 0.3) is 0 Å². The van der Waals surface area contributed by atoms with Gasteiger partial charge in [0, 0.05) is 12.1 Å². The summed E-state index contributed by atoms with van der Waals surface area (Å²) >= 11 is 0. The second-order valence-corrected chi connectivity index (χ2v) is 3.61. The summed E-state index contributed by atoms with van der Waals surface area (Å²) in [5, 5.41) is 17.9. The topological polar surface area (TPSA) is 76.0 Å². The lowest BCUT2D eigenvalue weighted by molar-refractivity contribution is -0.139. The number of fused-ring (bicyclic) bond motifs is 1.